The first-order valence-corrected chi connectivity index (χ1v) is 11.6. The zero-order valence-electron chi connectivity index (χ0n) is 17.3. The monoisotopic (exact) mass is 435 g/mol. The summed E-state index contributed by atoms with van der Waals surface area (Å²) in [7, 11) is -1.61. The van der Waals surface area contributed by atoms with Crippen molar-refractivity contribution in [3.8, 4) is 0 Å². The number of amides is 1. The van der Waals surface area contributed by atoms with E-state index < -0.39 is 10.0 Å². The highest BCUT2D eigenvalue weighted by molar-refractivity contribution is 7.92. The molecule has 0 aliphatic carbocycles. The summed E-state index contributed by atoms with van der Waals surface area (Å²) < 4.78 is 27.6. The van der Waals surface area contributed by atoms with E-state index >= 15 is 0 Å². The van der Waals surface area contributed by atoms with Gasteiger partial charge in [-0.3, -0.25) is 9.52 Å². The number of rotatable bonds is 5. The summed E-state index contributed by atoms with van der Waals surface area (Å²) in [6.45, 7) is 2.21. The SMILES string of the molecule is CN1CCN(C(=O)c2ccc(NS(=O)(=O)c3ccccc3)cc2)C(c2ccccc2)C1. The summed E-state index contributed by atoms with van der Waals surface area (Å²) in [4.78, 5) is 17.6. The molecule has 3 aromatic carbocycles. The molecule has 1 unspecified atom stereocenters. The highest BCUT2D eigenvalue weighted by Crippen LogP contribution is 2.27. The zero-order valence-corrected chi connectivity index (χ0v) is 18.1. The number of nitrogens with zero attached hydrogens (tertiary/aromatic N) is 2. The first kappa shape index (κ1) is 21.1. The van der Waals surface area contributed by atoms with Gasteiger partial charge in [0.1, 0.15) is 0 Å². The normalized spacial score (nSPS) is 17.3. The lowest BCUT2D eigenvalue weighted by Gasteiger charge is -2.40. The topological polar surface area (TPSA) is 69.7 Å². The molecule has 1 atom stereocenters. The highest BCUT2D eigenvalue weighted by atomic mass is 32.2. The lowest BCUT2D eigenvalue weighted by atomic mass is 10.0. The first-order chi connectivity index (χ1) is 14.9. The van der Waals surface area contributed by atoms with Crippen LogP contribution in [0.3, 0.4) is 0 Å². The number of piperazine rings is 1. The van der Waals surface area contributed by atoms with Gasteiger partial charge in [0.15, 0.2) is 0 Å². The summed E-state index contributed by atoms with van der Waals surface area (Å²) in [5.74, 6) is -0.0561. The third-order valence-electron chi connectivity index (χ3n) is 5.47. The summed E-state index contributed by atoms with van der Waals surface area (Å²) in [6, 6.07) is 24.8. The van der Waals surface area contributed by atoms with Crippen molar-refractivity contribution in [2.45, 2.75) is 10.9 Å². The smallest absolute Gasteiger partial charge is 0.261 e. The van der Waals surface area contributed by atoms with Gasteiger partial charge in [0.2, 0.25) is 0 Å². The van der Waals surface area contributed by atoms with Crippen molar-refractivity contribution in [1.82, 2.24) is 9.80 Å². The molecule has 0 spiro atoms. The number of hydrogen-bond acceptors (Lipinski definition) is 4. The van der Waals surface area contributed by atoms with E-state index in [0.717, 1.165) is 18.7 Å². The van der Waals surface area contributed by atoms with Crippen LogP contribution in [0.1, 0.15) is 22.0 Å². The molecule has 6 nitrogen and oxygen atoms in total. The van der Waals surface area contributed by atoms with Crippen molar-refractivity contribution in [3.05, 3.63) is 96.1 Å². The van der Waals surface area contributed by atoms with E-state index in [1.807, 2.05) is 35.2 Å². The Labute approximate surface area is 183 Å². The number of sulfonamides is 1. The Balaban J connectivity index is 1.52. The Morgan fingerprint density at radius 2 is 1.48 bits per heavy atom. The van der Waals surface area contributed by atoms with Crippen LogP contribution in [0.25, 0.3) is 0 Å². The Kier molecular flexibility index (Phi) is 6.06. The van der Waals surface area contributed by atoms with Crippen molar-refractivity contribution >= 4 is 21.6 Å². The summed E-state index contributed by atoms with van der Waals surface area (Å²) in [5.41, 5.74) is 2.06. The average molecular weight is 436 g/mol. The molecule has 1 aliphatic heterocycles. The standard InChI is InChI=1S/C24H25N3O3S/c1-26-16-17-27(23(18-26)19-8-4-2-5-9-19)24(28)20-12-14-21(15-13-20)25-31(29,30)22-10-6-3-7-11-22/h2-15,23,25H,16-18H2,1H3. The van der Waals surface area contributed by atoms with Gasteiger partial charge >= 0.3 is 0 Å². The number of nitrogens with one attached hydrogen (secondary N) is 1. The predicted octanol–water partition coefficient (Wildman–Crippen LogP) is 3.62. The van der Waals surface area contributed by atoms with Gasteiger partial charge in [-0.2, -0.15) is 0 Å². The molecule has 0 bridgehead atoms. The molecule has 7 heteroatoms. The first-order valence-electron chi connectivity index (χ1n) is 10.2. The molecular formula is C24H25N3O3S. The van der Waals surface area contributed by atoms with Gasteiger partial charge in [0.25, 0.3) is 15.9 Å². The Morgan fingerprint density at radius 3 is 2.13 bits per heavy atom. The van der Waals surface area contributed by atoms with E-state index in [-0.39, 0.29) is 16.8 Å². The number of likely N-dealkylation sites (N-methyl/N-ethyl adjacent to an activating group) is 1. The van der Waals surface area contributed by atoms with E-state index in [1.54, 1.807) is 42.5 Å². The number of carbonyl (C=O) groups is 1. The molecule has 4 rings (SSSR count). The molecule has 0 radical (unpaired) electrons. The van der Waals surface area contributed by atoms with Gasteiger partial charge in [-0.15, -0.1) is 0 Å². The molecule has 1 saturated heterocycles. The fourth-order valence-corrected chi connectivity index (χ4v) is 4.86. The second-order valence-electron chi connectivity index (χ2n) is 7.68. The van der Waals surface area contributed by atoms with Crippen molar-refractivity contribution in [3.63, 3.8) is 0 Å². The van der Waals surface area contributed by atoms with Crippen LogP contribution in [-0.2, 0) is 10.0 Å². The second-order valence-corrected chi connectivity index (χ2v) is 9.37. The maximum atomic E-state index is 13.3. The molecule has 1 heterocycles. The fourth-order valence-electron chi connectivity index (χ4n) is 3.78. The van der Waals surface area contributed by atoms with E-state index in [0.29, 0.717) is 17.8 Å². The Bertz CT molecular complexity index is 1130. The van der Waals surface area contributed by atoms with Gasteiger partial charge in [-0.05, 0) is 49.0 Å². The number of carbonyl (C=O) groups excluding carboxylic acids is 1. The molecule has 0 aromatic heterocycles. The Morgan fingerprint density at radius 1 is 0.871 bits per heavy atom. The van der Waals surface area contributed by atoms with Crippen LogP contribution in [-0.4, -0.2) is 50.8 Å². The Hall–Kier alpha value is -3.16. The molecule has 1 aliphatic rings. The van der Waals surface area contributed by atoms with Crippen molar-refractivity contribution in [2.75, 3.05) is 31.4 Å². The van der Waals surface area contributed by atoms with Crippen LogP contribution in [0.2, 0.25) is 0 Å². The summed E-state index contributed by atoms with van der Waals surface area (Å²) in [6.07, 6.45) is 0. The van der Waals surface area contributed by atoms with Gasteiger partial charge in [0, 0.05) is 30.9 Å². The van der Waals surface area contributed by atoms with Crippen LogP contribution in [0.4, 0.5) is 5.69 Å². The van der Waals surface area contributed by atoms with Crippen molar-refractivity contribution in [1.29, 1.82) is 0 Å². The van der Waals surface area contributed by atoms with Crippen molar-refractivity contribution in [2.24, 2.45) is 0 Å². The number of hydrogen-bond donors (Lipinski definition) is 1. The largest absolute Gasteiger partial charge is 0.329 e. The number of anilines is 1. The van der Waals surface area contributed by atoms with Gasteiger partial charge in [-0.25, -0.2) is 8.42 Å². The lowest BCUT2D eigenvalue weighted by molar-refractivity contribution is 0.0498. The maximum Gasteiger partial charge on any atom is 0.261 e. The van der Waals surface area contributed by atoms with Crippen LogP contribution in [0.5, 0.6) is 0 Å². The number of benzene rings is 3. The molecular weight excluding hydrogens is 410 g/mol. The van der Waals surface area contributed by atoms with E-state index in [9.17, 15) is 13.2 Å². The third kappa shape index (κ3) is 4.78. The van der Waals surface area contributed by atoms with Gasteiger partial charge in [0.05, 0.1) is 10.9 Å². The van der Waals surface area contributed by atoms with Crippen molar-refractivity contribution < 1.29 is 13.2 Å². The van der Waals surface area contributed by atoms with E-state index in [2.05, 4.69) is 16.7 Å². The molecule has 0 saturated carbocycles. The van der Waals surface area contributed by atoms with Gasteiger partial charge in [-0.1, -0.05) is 48.5 Å². The minimum Gasteiger partial charge on any atom is -0.329 e. The lowest BCUT2D eigenvalue weighted by Crippen LogP contribution is -2.49. The second kappa shape index (κ2) is 8.91. The highest BCUT2D eigenvalue weighted by Gasteiger charge is 2.30. The minimum atomic E-state index is -3.67. The third-order valence-corrected chi connectivity index (χ3v) is 6.86. The van der Waals surface area contributed by atoms with Crippen LogP contribution in [0, 0.1) is 0 Å². The van der Waals surface area contributed by atoms with Crippen LogP contribution < -0.4 is 4.72 Å². The molecule has 1 amide bonds. The van der Waals surface area contributed by atoms with E-state index in [1.165, 1.54) is 12.1 Å². The molecule has 31 heavy (non-hydrogen) atoms. The van der Waals surface area contributed by atoms with E-state index in [4.69, 9.17) is 0 Å². The van der Waals surface area contributed by atoms with Gasteiger partial charge < -0.3 is 9.80 Å². The minimum absolute atomic E-state index is 0.0243. The van der Waals surface area contributed by atoms with Crippen LogP contribution >= 0.6 is 0 Å². The molecule has 3 aromatic rings. The zero-order chi connectivity index (χ0) is 21.8. The molecule has 1 N–H and O–H groups in total. The predicted molar refractivity (Wildman–Crippen MR) is 121 cm³/mol. The van der Waals surface area contributed by atoms with Crippen LogP contribution in [0.15, 0.2) is 89.8 Å². The summed E-state index contributed by atoms with van der Waals surface area (Å²) >= 11 is 0. The molecule has 160 valence electrons. The summed E-state index contributed by atoms with van der Waals surface area (Å²) in [5, 5.41) is 0. The fraction of sp³-hybridized carbons (Fsp3) is 0.208. The molecule has 1 fully saturated rings. The average Bonchev–Trinajstić information content (AvgIpc) is 2.80. The maximum absolute atomic E-state index is 13.3. The quantitative estimate of drug-likeness (QED) is 0.665.